The lowest BCUT2D eigenvalue weighted by atomic mass is 10.1. The van der Waals surface area contributed by atoms with E-state index in [2.05, 4.69) is 11.4 Å². The van der Waals surface area contributed by atoms with Gasteiger partial charge < -0.3 is 15.2 Å². The van der Waals surface area contributed by atoms with Crippen LogP contribution in [0.4, 0.5) is 0 Å². The average Bonchev–Trinajstić information content (AvgIpc) is 2.69. The Bertz CT molecular complexity index is 1100. The van der Waals surface area contributed by atoms with Crippen molar-refractivity contribution in [1.82, 2.24) is 5.32 Å². The third kappa shape index (κ3) is 5.55. The molecule has 6 nitrogen and oxygen atoms in total. The predicted octanol–water partition coefficient (Wildman–Crippen LogP) is 2.89. The van der Waals surface area contributed by atoms with Gasteiger partial charge in [-0.05, 0) is 53.9 Å². The second-order valence-electron chi connectivity index (χ2n) is 7.21. The highest BCUT2D eigenvalue weighted by molar-refractivity contribution is 7.89. The van der Waals surface area contributed by atoms with Crippen molar-refractivity contribution in [2.24, 2.45) is 5.14 Å². The van der Waals surface area contributed by atoms with Gasteiger partial charge in [0.15, 0.2) is 0 Å². The van der Waals surface area contributed by atoms with Gasteiger partial charge in [-0.2, -0.15) is 0 Å². The Balaban J connectivity index is 1.55. The summed E-state index contributed by atoms with van der Waals surface area (Å²) in [7, 11) is -3.83. The number of hydrogen-bond donors (Lipinski definition) is 3. The van der Waals surface area contributed by atoms with E-state index < -0.39 is 16.1 Å². The van der Waals surface area contributed by atoms with Gasteiger partial charge in [0.05, 0.1) is 11.0 Å². The zero-order chi connectivity index (χ0) is 21.0. The summed E-state index contributed by atoms with van der Waals surface area (Å²) in [5.41, 5.74) is 1.04. The highest BCUT2D eigenvalue weighted by Crippen LogP contribution is 2.22. The first-order valence-corrected chi connectivity index (χ1v) is 10.9. The molecule has 0 spiro atoms. The Kier molecular flexibility index (Phi) is 6.54. The van der Waals surface area contributed by atoms with Crippen LogP contribution in [0.25, 0.3) is 10.8 Å². The average molecular weight is 415 g/mol. The summed E-state index contributed by atoms with van der Waals surface area (Å²) in [5, 5.41) is 21.1. The fraction of sp³-hybridized carbons (Fsp3) is 0.273. The number of ether oxygens (including phenoxy) is 1. The third-order valence-corrected chi connectivity index (χ3v) is 5.84. The lowest BCUT2D eigenvalue weighted by Crippen LogP contribution is -2.35. The molecule has 3 aromatic rings. The van der Waals surface area contributed by atoms with Gasteiger partial charge in [0.25, 0.3) is 0 Å². The monoisotopic (exact) mass is 414 g/mol. The van der Waals surface area contributed by atoms with Crippen molar-refractivity contribution in [3.05, 3.63) is 71.8 Å². The number of fused-ring (bicyclic) bond motifs is 1. The SMILES string of the molecule is Cc1ccc(C(O)CNC(C)COc2ccc3ccccc3c2)cc1S(N)(=O)=O. The van der Waals surface area contributed by atoms with Crippen molar-refractivity contribution in [2.75, 3.05) is 13.2 Å². The molecule has 3 rings (SSSR count). The van der Waals surface area contributed by atoms with Gasteiger partial charge in [-0.1, -0.05) is 42.5 Å². The van der Waals surface area contributed by atoms with Gasteiger partial charge in [0, 0.05) is 12.6 Å². The van der Waals surface area contributed by atoms with Crippen LogP contribution in [0.5, 0.6) is 5.75 Å². The number of aryl methyl sites for hydroxylation is 1. The second kappa shape index (κ2) is 8.92. The van der Waals surface area contributed by atoms with Crippen molar-refractivity contribution in [1.29, 1.82) is 0 Å². The summed E-state index contributed by atoms with van der Waals surface area (Å²) in [6.07, 6.45) is -0.862. The van der Waals surface area contributed by atoms with Gasteiger partial charge in [-0.25, -0.2) is 13.6 Å². The van der Waals surface area contributed by atoms with Crippen LogP contribution in [0.2, 0.25) is 0 Å². The number of aliphatic hydroxyl groups excluding tert-OH is 1. The fourth-order valence-corrected chi connectivity index (χ4v) is 3.92. The quantitative estimate of drug-likeness (QED) is 0.526. The van der Waals surface area contributed by atoms with E-state index in [0.29, 0.717) is 17.7 Å². The Morgan fingerprint density at radius 1 is 1.07 bits per heavy atom. The number of primary sulfonamides is 1. The molecule has 0 aliphatic carbocycles. The molecule has 2 atom stereocenters. The summed E-state index contributed by atoms with van der Waals surface area (Å²) in [5.74, 6) is 0.786. The molecule has 0 radical (unpaired) electrons. The Labute approximate surface area is 171 Å². The van der Waals surface area contributed by atoms with Gasteiger partial charge in [-0.15, -0.1) is 0 Å². The van der Waals surface area contributed by atoms with Crippen molar-refractivity contribution in [3.8, 4) is 5.75 Å². The van der Waals surface area contributed by atoms with Crippen LogP contribution in [0, 0.1) is 6.92 Å². The molecule has 0 saturated heterocycles. The molecule has 0 amide bonds. The molecule has 2 unspecified atom stereocenters. The highest BCUT2D eigenvalue weighted by Gasteiger charge is 2.16. The summed E-state index contributed by atoms with van der Waals surface area (Å²) in [6, 6.07) is 18.8. The van der Waals surface area contributed by atoms with Crippen LogP contribution in [0.3, 0.4) is 0 Å². The van der Waals surface area contributed by atoms with Crippen LogP contribution in [-0.4, -0.2) is 32.7 Å². The summed E-state index contributed by atoms with van der Waals surface area (Å²) >= 11 is 0. The first kappa shape index (κ1) is 21.3. The minimum absolute atomic E-state index is 0.0146. The Morgan fingerprint density at radius 3 is 2.52 bits per heavy atom. The molecule has 4 N–H and O–H groups in total. The molecule has 154 valence electrons. The van der Waals surface area contributed by atoms with Crippen molar-refractivity contribution in [3.63, 3.8) is 0 Å². The van der Waals surface area contributed by atoms with E-state index in [4.69, 9.17) is 9.88 Å². The number of aliphatic hydroxyl groups is 1. The maximum absolute atomic E-state index is 11.7. The Morgan fingerprint density at radius 2 is 1.79 bits per heavy atom. The smallest absolute Gasteiger partial charge is 0.238 e. The van der Waals surface area contributed by atoms with Crippen LogP contribution in [-0.2, 0) is 10.0 Å². The number of hydrogen-bond acceptors (Lipinski definition) is 5. The molecule has 0 aliphatic rings. The van der Waals surface area contributed by atoms with E-state index in [1.165, 1.54) is 6.07 Å². The molecule has 0 aliphatic heterocycles. The Hall–Kier alpha value is -2.45. The largest absolute Gasteiger partial charge is 0.492 e. The zero-order valence-corrected chi connectivity index (χ0v) is 17.3. The van der Waals surface area contributed by atoms with E-state index in [1.807, 2.05) is 43.3 Å². The van der Waals surface area contributed by atoms with E-state index in [9.17, 15) is 13.5 Å². The first-order valence-electron chi connectivity index (χ1n) is 9.40. The minimum atomic E-state index is -3.83. The van der Waals surface area contributed by atoms with E-state index in [1.54, 1.807) is 19.1 Å². The van der Waals surface area contributed by atoms with Gasteiger partial charge >= 0.3 is 0 Å². The molecular formula is C22H26N2O4S. The van der Waals surface area contributed by atoms with Gasteiger partial charge in [0.2, 0.25) is 10.0 Å². The zero-order valence-electron chi connectivity index (χ0n) is 16.5. The van der Waals surface area contributed by atoms with E-state index in [-0.39, 0.29) is 17.5 Å². The topological polar surface area (TPSA) is 102 Å². The predicted molar refractivity (Wildman–Crippen MR) is 114 cm³/mol. The number of nitrogens with one attached hydrogen (secondary N) is 1. The van der Waals surface area contributed by atoms with Crippen LogP contribution in [0.15, 0.2) is 65.6 Å². The highest BCUT2D eigenvalue weighted by atomic mass is 32.2. The summed E-state index contributed by atoms with van der Waals surface area (Å²) < 4.78 is 29.2. The summed E-state index contributed by atoms with van der Waals surface area (Å²) in [4.78, 5) is 0.0294. The van der Waals surface area contributed by atoms with Gasteiger partial charge in [-0.3, -0.25) is 0 Å². The van der Waals surface area contributed by atoms with Crippen molar-refractivity contribution < 1.29 is 18.3 Å². The number of benzene rings is 3. The molecule has 0 aromatic heterocycles. The van der Waals surface area contributed by atoms with Crippen molar-refractivity contribution >= 4 is 20.8 Å². The molecule has 0 fully saturated rings. The third-order valence-electron chi connectivity index (χ3n) is 4.78. The molecular weight excluding hydrogens is 388 g/mol. The molecule has 3 aromatic carbocycles. The number of nitrogens with two attached hydrogens (primary N) is 1. The molecule has 7 heteroatoms. The van der Waals surface area contributed by atoms with Crippen LogP contribution in [0.1, 0.15) is 24.2 Å². The molecule has 0 bridgehead atoms. The van der Waals surface area contributed by atoms with E-state index in [0.717, 1.165) is 16.5 Å². The molecule has 29 heavy (non-hydrogen) atoms. The minimum Gasteiger partial charge on any atom is -0.492 e. The maximum atomic E-state index is 11.7. The number of sulfonamides is 1. The van der Waals surface area contributed by atoms with Crippen molar-refractivity contribution in [2.45, 2.75) is 30.9 Å². The standard InChI is InChI=1S/C22H26N2O4S/c1-15-7-8-19(12-22(15)29(23,26)27)21(25)13-24-16(2)14-28-20-10-9-17-5-3-4-6-18(17)11-20/h3-12,16,21,24-25H,13-14H2,1-2H3,(H2,23,26,27). The lowest BCUT2D eigenvalue weighted by molar-refractivity contribution is 0.163. The molecule has 0 saturated carbocycles. The normalized spacial score (nSPS) is 13.9. The first-order chi connectivity index (χ1) is 13.7. The van der Waals surface area contributed by atoms with Crippen LogP contribution >= 0.6 is 0 Å². The number of rotatable bonds is 8. The summed E-state index contributed by atoms with van der Waals surface area (Å²) in [6.45, 7) is 4.32. The lowest BCUT2D eigenvalue weighted by Gasteiger charge is -2.19. The maximum Gasteiger partial charge on any atom is 0.238 e. The fourth-order valence-electron chi connectivity index (χ4n) is 3.10. The van der Waals surface area contributed by atoms with Crippen LogP contribution < -0.4 is 15.2 Å². The second-order valence-corrected chi connectivity index (χ2v) is 8.74. The van der Waals surface area contributed by atoms with E-state index >= 15 is 0 Å². The van der Waals surface area contributed by atoms with Gasteiger partial charge in [0.1, 0.15) is 12.4 Å². The molecule has 0 heterocycles.